The quantitative estimate of drug-likeness (QED) is 0.809. The van der Waals surface area contributed by atoms with Gasteiger partial charge >= 0.3 is 0 Å². The van der Waals surface area contributed by atoms with Crippen LogP contribution in [0.4, 0.5) is 0 Å². The van der Waals surface area contributed by atoms with Gasteiger partial charge in [-0.05, 0) is 48.7 Å². The van der Waals surface area contributed by atoms with Gasteiger partial charge in [0, 0.05) is 16.9 Å². The van der Waals surface area contributed by atoms with Crippen molar-refractivity contribution in [2.45, 2.75) is 26.2 Å². The Hall–Kier alpha value is -1.12. The van der Waals surface area contributed by atoms with E-state index in [1.807, 2.05) is 0 Å². The molecule has 0 aliphatic heterocycles. The molecule has 20 heavy (non-hydrogen) atoms. The number of rotatable bonds is 6. The summed E-state index contributed by atoms with van der Waals surface area (Å²) in [6, 6.07) is 17.4. The van der Waals surface area contributed by atoms with Crippen molar-refractivity contribution in [2.75, 3.05) is 13.1 Å². The van der Waals surface area contributed by atoms with Crippen molar-refractivity contribution in [3.63, 3.8) is 0 Å². The first kappa shape index (κ1) is 15.3. The Morgan fingerprint density at radius 3 is 2.40 bits per heavy atom. The molecule has 0 fully saturated rings. The van der Waals surface area contributed by atoms with E-state index in [0.29, 0.717) is 5.92 Å². The number of likely N-dealkylation sites (N-methyl/N-ethyl adjacent to an activating group) is 1. The normalized spacial score (nSPS) is 12.3. The lowest BCUT2D eigenvalue weighted by molar-refractivity contribution is 0.594. The molecule has 1 nitrogen and oxygen atoms in total. The third-order valence-electron chi connectivity index (χ3n) is 3.71. The maximum atomic E-state index is 3.51. The molecule has 1 N–H and O–H groups in total. The van der Waals surface area contributed by atoms with Crippen molar-refractivity contribution in [1.82, 2.24) is 5.32 Å². The van der Waals surface area contributed by atoms with E-state index >= 15 is 0 Å². The summed E-state index contributed by atoms with van der Waals surface area (Å²) in [6.45, 7) is 6.39. The van der Waals surface area contributed by atoms with Crippen LogP contribution in [0.1, 0.15) is 29.5 Å². The molecule has 0 amide bonds. The lowest BCUT2D eigenvalue weighted by Crippen LogP contribution is -2.22. The molecule has 0 aromatic heterocycles. The molecular formula is C18H22BrN. The number of benzene rings is 2. The Balaban J connectivity index is 2.19. The van der Waals surface area contributed by atoms with Gasteiger partial charge in [0.15, 0.2) is 0 Å². The SMILES string of the molecule is CCNCC(Cc1ccccc1C)c1ccc(Br)cc1. The molecule has 0 spiro atoms. The van der Waals surface area contributed by atoms with Gasteiger partial charge in [0.25, 0.3) is 0 Å². The van der Waals surface area contributed by atoms with E-state index in [9.17, 15) is 0 Å². The van der Waals surface area contributed by atoms with Crippen molar-refractivity contribution in [3.05, 3.63) is 69.7 Å². The van der Waals surface area contributed by atoms with Crippen LogP contribution in [0.2, 0.25) is 0 Å². The van der Waals surface area contributed by atoms with Gasteiger partial charge in [-0.15, -0.1) is 0 Å². The molecule has 0 aliphatic carbocycles. The highest BCUT2D eigenvalue weighted by Crippen LogP contribution is 2.23. The van der Waals surface area contributed by atoms with Crippen molar-refractivity contribution >= 4 is 15.9 Å². The van der Waals surface area contributed by atoms with Crippen LogP contribution in [0, 0.1) is 6.92 Å². The Morgan fingerprint density at radius 1 is 1.05 bits per heavy atom. The van der Waals surface area contributed by atoms with Crippen molar-refractivity contribution in [3.8, 4) is 0 Å². The van der Waals surface area contributed by atoms with Crippen LogP contribution in [-0.2, 0) is 6.42 Å². The fourth-order valence-electron chi connectivity index (χ4n) is 2.47. The summed E-state index contributed by atoms with van der Waals surface area (Å²) in [5.41, 5.74) is 4.22. The highest BCUT2D eigenvalue weighted by atomic mass is 79.9. The fourth-order valence-corrected chi connectivity index (χ4v) is 2.73. The minimum Gasteiger partial charge on any atom is -0.316 e. The van der Waals surface area contributed by atoms with Crippen LogP contribution in [-0.4, -0.2) is 13.1 Å². The smallest absolute Gasteiger partial charge is 0.0175 e. The summed E-state index contributed by atoms with van der Waals surface area (Å²) in [6.07, 6.45) is 1.08. The van der Waals surface area contributed by atoms with E-state index < -0.39 is 0 Å². The molecule has 0 bridgehead atoms. The van der Waals surface area contributed by atoms with E-state index in [0.717, 1.165) is 24.0 Å². The van der Waals surface area contributed by atoms with Crippen LogP contribution in [0.15, 0.2) is 53.0 Å². The summed E-state index contributed by atoms with van der Waals surface area (Å²) < 4.78 is 1.14. The maximum Gasteiger partial charge on any atom is 0.0175 e. The summed E-state index contributed by atoms with van der Waals surface area (Å²) in [4.78, 5) is 0. The fraction of sp³-hybridized carbons (Fsp3) is 0.333. The van der Waals surface area contributed by atoms with E-state index in [-0.39, 0.29) is 0 Å². The standard InChI is InChI=1S/C18H22BrN/c1-3-20-13-17(15-8-10-18(19)11-9-15)12-16-7-5-4-6-14(16)2/h4-11,17,20H,3,12-13H2,1-2H3. The summed E-state index contributed by atoms with van der Waals surface area (Å²) >= 11 is 3.51. The second kappa shape index (κ2) is 7.61. The third-order valence-corrected chi connectivity index (χ3v) is 4.24. The number of nitrogens with one attached hydrogen (secondary N) is 1. The lowest BCUT2D eigenvalue weighted by atomic mass is 9.90. The molecule has 1 atom stereocenters. The monoisotopic (exact) mass is 331 g/mol. The maximum absolute atomic E-state index is 3.51. The Morgan fingerprint density at radius 2 is 1.75 bits per heavy atom. The predicted octanol–water partition coefficient (Wildman–Crippen LogP) is 4.69. The predicted molar refractivity (Wildman–Crippen MR) is 90.3 cm³/mol. The summed E-state index contributed by atoms with van der Waals surface area (Å²) in [5.74, 6) is 0.518. The third kappa shape index (κ3) is 4.19. The molecule has 2 aromatic rings. The van der Waals surface area contributed by atoms with E-state index in [1.54, 1.807) is 0 Å². The van der Waals surface area contributed by atoms with Gasteiger partial charge in [-0.25, -0.2) is 0 Å². The zero-order valence-corrected chi connectivity index (χ0v) is 13.8. The number of hydrogen-bond donors (Lipinski definition) is 1. The van der Waals surface area contributed by atoms with Crippen LogP contribution >= 0.6 is 15.9 Å². The minimum absolute atomic E-state index is 0.518. The first-order valence-electron chi connectivity index (χ1n) is 7.21. The van der Waals surface area contributed by atoms with Crippen LogP contribution in [0.3, 0.4) is 0 Å². The van der Waals surface area contributed by atoms with Crippen LogP contribution in [0.5, 0.6) is 0 Å². The average molecular weight is 332 g/mol. The minimum atomic E-state index is 0.518. The topological polar surface area (TPSA) is 12.0 Å². The lowest BCUT2D eigenvalue weighted by Gasteiger charge is -2.19. The number of aryl methyl sites for hydroxylation is 1. The van der Waals surface area contributed by atoms with Crippen molar-refractivity contribution in [1.29, 1.82) is 0 Å². The Kier molecular flexibility index (Phi) is 5.81. The molecule has 106 valence electrons. The van der Waals surface area contributed by atoms with Crippen LogP contribution in [0.25, 0.3) is 0 Å². The van der Waals surface area contributed by atoms with E-state index in [4.69, 9.17) is 0 Å². The molecule has 2 heteroatoms. The summed E-state index contributed by atoms with van der Waals surface area (Å²) in [7, 11) is 0. The zero-order chi connectivity index (χ0) is 14.4. The molecule has 0 radical (unpaired) electrons. The van der Waals surface area contributed by atoms with Crippen molar-refractivity contribution < 1.29 is 0 Å². The second-order valence-electron chi connectivity index (χ2n) is 5.19. The highest BCUT2D eigenvalue weighted by molar-refractivity contribution is 9.10. The second-order valence-corrected chi connectivity index (χ2v) is 6.10. The Labute approximate surface area is 130 Å². The number of halogens is 1. The van der Waals surface area contributed by atoms with Gasteiger partial charge < -0.3 is 5.32 Å². The highest BCUT2D eigenvalue weighted by Gasteiger charge is 2.13. The van der Waals surface area contributed by atoms with Crippen molar-refractivity contribution in [2.24, 2.45) is 0 Å². The molecule has 0 saturated carbocycles. The Bertz CT molecular complexity index is 533. The van der Waals surface area contributed by atoms with Gasteiger partial charge in [0.1, 0.15) is 0 Å². The largest absolute Gasteiger partial charge is 0.316 e. The molecular weight excluding hydrogens is 310 g/mol. The van der Waals surface area contributed by atoms with Gasteiger partial charge in [-0.3, -0.25) is 0 Å². The van der Waals surface area contributed by atoms with Gasteiger partial charge in [-0.1, -0.05) is 59.3 Å². The van der Waals surface area contributed by atoms with E-state index in [1.165, 1.54) is 16.7 Å². The zero-order valence-electron chi connectivity index (χ0n) is 12.2. The van der Waals surface area contributed by atoms with Gasteiger partial charge in [0.2, 0.25) is 0 Å². The molecule has 2 aromatic carbocycles. The first-order valence-corrected chi connectivity index (χ1v) is 8.00. The van der Waals surface area contributed by atoms with E-state index in [2.05, 4.69) is 83.6 Å². The molecule has 1 unspecified atom stereocenters. The van der Waals surface area contributed by atoms with Gasteiger partial charge in [-0.2, -0.15) is 0 Å². The molecule has 0 aliphatic rings. The molecule has 0 saturated heterocycles. The summed E-state index contributed by atoms with van der Waals surface area (Å²) in [5, 5.41) is 3.49. The first-order chi connectivity index (χ1) is 9.70. The average Bonchev–Trinajstić information content (AvgIpc) is 2.46. The molecule has 0 heterocycles. The van der Waals surface area contributed by atoms with Crippen LogP contribution < -0.4 is 5.32 Å². The molecule has 2 rings (SSSR count). The number of hydrogen-bond acceptors (Lipinski definition) is 1. The van der Waals surface area contributed by atoms with Gasteiger partial charge in [0.05, 0.1) is 0 Å².